The van der Waals surface area contributed by atoms with E-state index in [9.17, 15) is 23.7 Å². The molecule has 11 aromatic carbocycles. The summed E-state index contributed by atoms with van der Waals surface area (Å²) in [5.74, 6) is 0. The molecular weight excluding hydrogens is 970 g/mol. The van der Waals surface area contributed by atoms with Crippen LogP contribution in [0.1, 0.15) is 16.7 Å². The number of hydrogen-bond acceptors (Lipinski definition) is 2. The third kappa shape index (κ3) is 6.49. The van der Waals surface area contributed by atoms with Gasteiger partial charge >= 0.3 is 6.18 Å². The Kier molecular flexibility index (Phi) is 9.75. The molecule has 6 nitrogen and oxygen atoms in total. The first-order valence-electron chi connectivity index (χ1n) is 25.6. The number of halogens is 3. The van der Waals surface area contributed by atoms with Gasteiger partial charge in [-0.1, -0.05) is 133 Å². The van der Waals surface area contributed by atoms with Crippen LogP contribution in [0, 0.1) is 22.7 Å². The van der Waals surface area contributed by atoms with E-state index in [0.717, 1.165) is 122 Å². The lowest BCUT2D eigenvalue weighted by Crippen LogP contribution is -2.05. The number of nitrogens with zero attached hydrogens (tertiary/aromatic N) is 6. The maximum Gasteiger partial charge on any atom is 0.416 e. The summed E-state index contributed by atoms with van der Waals surface area (Å²) in [6, 6.07) is 82.7. The molecule has 0 N–H and O–H groups in total. The molecule has 0 atom stereocenters. The van der Waals surface area contributed by atoms with Crippen LogP contribution in [0.25, 0.3) is 132 Å². The molecule has 15 aromatic rings. The zero-order chi connectivity index (χ0) is 52.4. The molecule has 0 saturated heterocycles. The Morgan fingerprint density at radius 3 is 1.35 bits per heavy atom. The highest BCUT2D eigenvalue weighted by molar-refractivity contribution is 6.28. The molecule has 0 amide bonds. The fourth-order valence-corrected chi connectivity index (χ4v) is 12.4. The van der Waals surface area contributed by atoms with E-state index in [2.05, 4.69) is 182 Å². The zero-order valence-corrected chi connectivity index (χ0v) is 41.3. The molecule has 4 aromatic heterocycles. The van der Waals surface area contributed by atoms with Crippen LogP contribution < -0.4 is 0 Å². The first kappa shape index (κ1) is 44.8. The minimum atomic E-state index is -4.65. The molecule has 0 saturated carbocycles. The van der Waals surface area contributed by atoms with Crippen LogP contribution in [0.15, 0.2) is 237 Å². The van der Waals surface area contributed by atoms with Crippen molar-refractivity contribution in [2.24, 2.45) is 0 Å². The number of hydrogen-bond donors (Lipinski definition) is 0. The van der Waals surface area contributed by atoms with E-state index < -0.39 is 11.7 Å². The normalized spacial score (nSPS) is 12.0. The van der Waals surface area contributed by atoms with Crippen LogP contribution in [-0.4, -0.2) is 18.3 Å². The van der Waals surface area contributed by atoms with Gasteiger partial charge in [0.25, 0.3) is 0 Å². The highest BCUT2D eigenvalue weighted by Crippen LogP contribution is 2.47. The highest BCUT2D eigenvalue weighted by atomic mass is 19.4. The van der Waals surface area contributed by atoms with Gasteiger partial charge in [-0.3, -0.25) is 0 Å². The fraction of sp³-hybridized carbons (Fsp3) is 0.0145. The molecule has 0 aliphatic carbocycles. The number of fused-ring (bicyclic) bond motifs is 14. The smallest absolute Gasteiger partial charge is 0.309 e. The Labute approximate surface area is 443 Å². The SMILES string of the molecule is N#Cc1cc(C(F)(F)F)ccc1-c1ccc(-n2c3ccccc3c3c2ccc2c4ccccc4n(-c4ccccc4)c23)c(-c2cc(-n3c4ccccc4c4c3ccc3c5ccccc5n(-c5ccccc5)c34)ccc2C#N)c1. The van der Waals surface area contributed by atoms with Gasteiger partial charge in [0, 0.05) is 71.3 Å². The maximum atomic E-state index is 14.2. The number of aromatic nitrogens is 4. The van der Waals surface area contributed by atoms with Crippen LogP contribution in [-0.2, 0) is 6.18 Å². The summed E-state index contributed by atoms with van der Waals surface area (Å²) >= 11 is 0. The van der Waals surface area contributed by atoms with Crippen molar-refractivity contribution < 1.29 is 13.2 Å². The van der Waals surface area contributed by atoms with Crippen molar-refractivity contribution in [3.05, 3.63) is 253 Å². The predicted molar refractivity (Wildman–Crippen MR) is 309 cm³/mol. The van der Waals surface area contributed by atoms with Crippen LogP contribution in [0.2, 0.25) is 0 Å². The Hall–Kier alpha value is -10.6. The minimum Gasteiger partial charge on any atom is -0.309 e. The van der Waals surface area contributed by atoms with E-state index in [1.54, 1.807) is 0 Å². The van der Waals surface area contributed by atoms with Gasteiger partial charge in [-0.25, -0.2) is 0 Å². The van der Waals surface area contributed by atoms with Crippen LogP contribution >= 0.6 is 0 Å². The van der Waals surface area contributed by atoms with Gasteiger partial charge < -0.3 is 18.3 Å². The molecule has 0 aliphatic heterocycles. The van der Waals surface area contributed by atoms with Crippen LogP contribution in [0.3, 0.4) is 0 Å². The van der Waals surface area contributed by atoms with Gasteiger partial charge in [0.2, 0.25) is 0 Å². The van der Waals surface area contributed by atoms with Gasteiger partial charge in [0.15, 0.2) is 0 Å². The van der Waals surface area contributed by atoms with Crippen molar-refractivity contribution in [2.45, 2.75) is 6.18 Å². The van der Waals surface area contributed by atoms with Crippen molar-refractivity contribution in [3.8, 4) is 57.1 Å². The molecule has 0 aliphatic rings. The first-order valence-corrected chi connectivity index (χ1v) is 25.6. The average molecular weight is 1010 g/mol. The molecule has 366 valence electrons. The number of para-hydroxylation sites is 6. The summed E-state index contributed by atoms with van der Waals surface area (Å²) < 4.78 is 51.7. The second kappa shape index (κ2) is 17.0. The standard InChI is InChI=1S/C69H39F3N6/c70-69(71,72)45-29-31-49(44(37-45)41-74)42-28-34-62(78-61-26-14-10-22-55(61)66-64(78)36-33-53-51-20-8-12-24-59(51)77(68(53)66)47-17-5-2-6-18-47)57(38-42)56-39-48(30-27-43(56)40-73)75-60-25-13-9-21-54(60)65-63(75)35-32-52-50-19-7-11-23-58(50)76(67(52)65)46-15-3-1-4-16-46/h1-39H. The quantitative estimate of drug-likeness (QED) is 0.167. The largest absolute Gasteiger partial charge is 0.416 e. The van der Waals surface area contributed by atoms with Crippen molar-refractivity contribution in [1.29, 1.82) is 10.5 Å². The summed E-state index contributed by atoms with van der Waals surface area (Å²) in [6.07, 6.45) is -4.65. The molecule has 9 heteroatoms. The number of nitriles is 2. The minimum absolute atomic E-state index is 0.115. The van der Waals surface area contributed by atoms with E-state index >= 15 is 0 Å². The lowest BCUT2D eigenvalue weighted by molar-refractivity contribution is -0.137. The lowest BCUT2D eigenvalue weighted by Gasteiger charge is -2.19. The lowest BCUT2D eigenvalue weighted by atomic mass is 9.92. The molecule has 78 heavy (non-hydrogen) atoms. The van der Waals surface area contributed by atoms with Crippen LogP contribution in [0.4, 0.5) is 13.2 Å². The summed E-state index contributed by atoms with van der Waals surface area (Å²) in [7, 11) is 0. The summed E-state index contributed by atoms with van der Waals surface area (Å²) in [4.78, 5) is 0. The van der Waals surface area contributed by atoms with E-state index in [0.29, 0.717) is 27.8 Å². The van der Waals surface area contributed by atoms with Gasteiger partial charge in [0.1, 0.15) is 0 Å². The first-order chi connectivity index (χ1) is 38.3. The topological polar surface area (TPSA) is 67.3 Å². The van der Waals surface area contributed by atoms with E-state index in [1.165, 1.54) is 6.07 Å². The molecule has 0 radical (unpaired) electrons. The van der Waals surface area contributed by atoms with E-state index in [4.69, 9.17) is 0 Å². The molecule has 0 spiro atoms. The second-order valence-electron chi connectivity index (χ2n) is 19.7. The Morgan fingerprint density at radius 2 is 0.808 bits per heavy atom. The zero-order valence-electron chi connectivity index (χ0n) is 41.3. The summed E-state index contributed by atoms with van der Waals surface area (Å²) in [6.45, 7) is 0. The Morgan fingerprint density at radius 1 is 0.321 bits per heavy atom. The molecule has 4 heterocycles. The van der Waals surface area contributed by atoms with Crippen LogP contribution in [0.5, 0.6) is 0 Å². The number of benzene rings is 11. The molecule has 15 rings (SSSR count). The third-order valence-corrected chi connectivity index (χ3v) is 15.7. The van der Waals surface area contributed by atoms with Crippen molar-refractivity contribution in [3.63, 3.8) is 0 Å². The third-order valence-electron chi connectivity index (χ3n) is 15.7. The number of alkyl halides is 3. The van der Waals surface area contributed by atoms with Crippen molar-refractivity contribution in [1.82, 2.24) is 18.3 Å². The predicted octanol–water partition coefficient (Wildman–Crippen LogP) is 18.2. The second-order valence-corrected chi connectivity index (χ2v) is 19.7. The highest BCUT2D eigenvalue weighted by Gasteiger charge is 2.32. The molecule has 0 fully saturated rings. The number of rotatable bonds is 6. The van der Waals surface area contributed by atoms with Crippen molar-refractivity contribution in [2.75, 3.05) is 0 Å². The summed E-state index contributed by atoms with van der Waals surface area (Å²) in [5.41, 5.74) is 13.1. The molecule has 0 unspecified atom stereocenters. The van der Waals surface area contributed by atoms with E-state index in [1.807, 2.05) is 66.7 Å². The van der Waals surface area contributed by atoms with Gasteiger partial charge in [0.05, 0.1) is 78.6 Å². The Balaban J connectivity index is 1.04. The van der Waals surface area contributed by atoms with Crippen molar-refractivity contribution >= 4 is 87.2 Å². The van der Waals surface area contributed by atoms with E-state index in [-0.39, 0.29) is 5.56 Å². The fourth-order valence-electron chi connectivity index (χ4n) is 12.4. The summed E-state index contributed by atoms with van der Waals surface area (Å²) in [5, 5.41) is 30.3. The van der Waals surface area contributed by atoms with Gasteiger partial charge in [-0.15, -0.1) is 0 Å². The van der Waals surface area contributed by atoms with Gasteiger partial charge in [-0.05, 0) is 114 Å². The molecular formula is C69H39F3N6. The van der Waals surface area contributed by atoms with Gasteiger partial charge in [-0.2, -0.15) is 23.7 Å². The molecule has 0 bridgehead atoms. The maximum absolute atomic E-state index is 14.2. The average Bonchev–Trinajstić information content (AvgIpc) is 4.31. The monoisotopic (exact) mass is 1010 g/mol. The Bertz CT molecular complexity index is 5100.